The Morgan fingerprint density at radius 2 is 1.86 bits per heavy atom. The third-order valence-electron chi connectivity index (χ3n) is 3.93. The highest BCUT2D eigenvalue weighted by atomic mass is 35.5. The van der Waals surface area contributed by atoms with Gasteiger partial charge in [-0.15, -0.1) is 11.3 Å². The number of ether oxygens (including phenoxy) is 2. The van der Waals surface area contributed by atoms with Gasteiger partial charge in [0.05, 0.1) is 10.7 Å². The molecule has 0 saturated heterocycles. The van der Waals surface area contributed by atoms with E-state index in [2.05, 4.69) is 4.98 Å². The number of hydrogen-bond acceptors (Lipinski definition) is 6. The number of thiazole rings is 1. The third-order valence-corrected chi connectivity index (χ3v) is 5.01. The molecule has 0 aliphatic heterocycles. The molecule has 0 aliphatic carbocycles. The maximum absolute atomic E-state index is 12.6. The second-order valence-electron chi connectivity index (χ2n) is 6.06. The van der Waals surface area contributed by atoms with Crippen molar-refractivity contribution in [2.75, 3.05) is 0 Å². The fraction of sp³-hybridized carbons (Fsp3) is 0.190. The van der Waals surface area contributed by atoms with Gasteiger partial charge in [-0.25, -0.2) is 9.78 Å². The van der Waals surface area contributed by atoms with Gasteiger partial charge in [0.2, 0.25) is 5.78 Å². The molecule has 0 fully saturated rings. The summed E-state index contributed by atoms with van der Waals surface area (Å²) in [6.45, 7) is 3.70. The number of ketones is 1. The van der Waals surface area contributed by atoms with E-state index < -0.39 is 12.1 Å². The first-order valence-electron chi connectivity index (χ1n) is 8.57. The number of Topliss-reactive ketones (excluding diaryl/α,β-unsaturated/α-hetero) is 1. The minimum absolute atomic E-state index is 0.244. The van der Waals surface area contributed by atoms with Gasteiger partial charge in [0.1, 0.15) is 17.9 Å². The average molecular weight is 416 g/mol. The van der Waals surface area contributed by atoms with Crippen LogP contribution in [0.5, 0.6) is 5.75 Å². The van der Waals surface area contributed by atoms with Gasteiger partial charge < -0.3 is 9.47 Å². The molecule has 7 heteroatoms. The molecule has 0 spiro atoms. The number of benzene rings is 2. The summed E-state index contributed by atoms with van der Waals surface area (Å²) in [6.07, 6.45) is -0.942. The summed E-state index contributed by atoms with van der Waals surface area (Å²) in [6, 6.07) is 13.2. The van der Waals surface area contributed by atoms with Gasteiger partial charge in [0.25, 0.3) is 0 Å². The molecule has 0 bridgehead atoms. The van der Waals surface area contributed by atoms with Crippen molar-refractivity contribution >= 4 is 34.7 Å². The molecule has 1 atom stereocenters. The van der Waals surface area contributed by atoms with Crippen molar-refractivity contribution in [1.82, 2.24) is 4.98 Å². The molecule has 5 nitrogen and oxygen atoms in total. The predicted octanol–water partition coefficient (Wildman–Crippen LogP) is 5.11. The van der Waals surface area contributed by atoms with E-state index in [4.69, 9.17) is 21.1 Å². The highest BCUT2D eigenvalue weighted by Crippen LogP contribution is 2.22. The van der Waals surface area contributed by atoms with Crippen molar-refractivity contribution in [3.8, 4) is 5.75 Å². The first-order valence-corrected chi connectivity index (χ1v) is 9.83. The lowest BCUT2D eigenvalue weighted by Gasteiger charge is -2.14. The van der Waals surface area contributed by atoms with Crippen LogP contribution < -0.4 is 4.74 Å². The van der Waals surface area contributed by atoms with Gasteiger partial charge in [0, 0.05) is 16.0 Å². The van der Waals surface area contributed by atoms with E-state index in [9.17, 15) is 9.59 Å². The van der Waals surface area contributed by atoms with Crippen LogP contribution in [0.25, 0.3) is 0 Å². The Morgan fingerprint density at radius 1 is 1.14 bits per heavy atom. The molecule has 0 unspecified atom stereocenters. The fourth-order valence-corrected chi connectivity index (χ4v) is 3.24. The van der Waals surface area contributed by atoms with Gasteiger partial charge in [-0.2, -0.15) is 0 Å². The van der Waals surface area contributed by atoms with Crippen molar-refractivity contribution < 1.29 is 19.1 Å². The minimum atomic E-state index is -0.942. The van der Waals surface area contributed by atoms with E-state index >= 15 is 0 Å². The zero-order valence-corrected chi connectivity index (χ0v) is 16.9. The standard InChI is InChI=1S/C21H18ClNO4S/c1-13(20(24)15-7-9-16(22)10-8-15)27-21(25)18-5-3-4-6-19(18)26-11-17-12-28-14(2)23-17/h3-10,12-13H,11H2,1-2H3/t13-/m0/s1. The smallest absolute Gasteiger partial charge is 0.342 e. The molecule has 144 valence electrons. The Bertz CT molecular complexity index is 984. The number of nitrogens with zero attached hydrogens (tertiary/aromatic N) is 1. The molecule has 0 N–H and O–H groups in total. The van der Waals surface area contributed by atoms with Crippen LogP contribution in [-0.4, -0.2) is 22.8 Å². The van der Waals surface area contributed by atoms with Gasteiger partial charge in [-0.3, -0.25) is 4.79 Å². The van der Waals surface area contributed by atoms with Crippen LogP contribution in [0.3, 0.4) is 0 Å². The summed E-state index contributed by atoms with van der Waals surface area (Å²) in [5, 5.41) is 3.38. The first kappa shape index (κ1) is 20.0. The SMILES string of the molecule is Cc1nc(COc2ccccc2C(=O)O[C@@H](C)C(=O)c2ccc(Cl)cc2)cs1. The summed E-state index contributed by atoms with van der Waals surface area (Å²) < 4.78 is 11.1. The summed E-state index contributed by atoms with van der Waals surface area (Å²) in [5.74, 6) is -0.550. The minimum Gasteiger partial charge on any atom is -0.486 e. The van der Waals surface area contributed by atoms with Gasteiger partial charge in [0.15, 0.2) is 6.10 Å². The Labute approximate surface area is 171 Å². The van der Waals surface area contributed by atoms with E-state index in [0.717, 1.165) is 10.7 Å². The molecule has 3 rings (SSSR count). The lowest BCUT2D eigenvalue weighted by atomic mass is 10.1. The number of aromatic nitrogens is 1. The molecular formula is C21H18ClNO4S. The van der Waals surface area contributed by atoms with E-state index in [1.807, 2.05) is 12.3 Å². The number of para-hydroxylation sites is 1. The van der Waals surface area contributed by atoms with Crippen LogP contribution in [-0.2, 0) is 11.3 Å². The average Bonchev–Trinajstić information content (AvgIpc) is 3.11. The highest BCUT2D eigenvalue weighted by molar-refractivity contribution is 7.09. The normalized spacial score (nSPS) is 11.7. The lowest BCUT2D eigenvalue weighted by Crippen LogP contribution is -2.24. The van der Waals surface area contributed by atoms with Gasteiger partial charge in [-0.05, 0) is 50.2 Å². The topological polar surface area (TPSA) is 65.5 Å². The van der Waals surface area contributed by atoms with Crippen LogP contribution >= 0.6 is 22.9 Å². The van der Waals surface area contributed by atoms with Crippen molar-refractivity contribution in [2.24, 2.45) is 0 Å². The highest BCUT2D eigenvalue weighted by Gasteiger charge is 2.22. The Morgan fingerprint density at radius 3 is 2.54 bits per heavy atom. The summed E-state index contributed by atoms with van der Waals surface area (Å²) in [7, 11) is 0. The monoisotopic (exact) mass is 415 g/mol. The second-order valence-corrected chi connectivity index (χ2v) is 7.56. The molecule has 0 aliphatic rings. The fourth-order valence-electron chi connectivity index (χ4n) is 2.51. The van der Waals surface area contributed by atoms with E-state index in [1.54, 1.807) is 48.5 Å². The molecule has 2 aromatic carbocycles. The van der Waals surface area contributed by atoms with E-state index in [0.29, 0.717) is 16.3 Å². The van der Waals surface area contributed by atoms with Crippen molar-refractivity contribution in [3.63, 3.8) is 0 Å². The Balaban J connectivity index is 1.68. The maximum Gasteiger partial charge on any atom is 0.342 e. The summed E-state index contributed by atoms with van der Waals surface area (Å²) >= 11 is 7.37. The predicted molar refractivity (Wildman–Crippen MR) is 108 cm³/mol. The zero-order chi connectivity index (χ0) is 20.1. The quantitative estimate of drug-likeness (QED) is 0.396. The van der Waals surface area contributed by atoms with Crippen molar-refractivity contribution in [3.05, 3.63) is 80.8 Å². The first-order chi connectivity index (χ1) is 13.4. The van der Waals surface area contributed by atoms with Crippen molar-refractivity contribution in [1.29, 1.82) is 0 Å². The van der Waals surface area contributed by atoms with Crippen LogP contribution in [0.1, 0.15) is 38.3 Å². The van der Waals surface area contributed by atoms with Gasteiger partial charge >= 0.3 is 5.97 Å². The summed E-state index contributed by atoms with van der Waals surface area (Å²) in [4.78, 5) is 29.4. The molecule has 1 aromatic heterocycles. The van der Waals surface area contributed by atoms with Crippen LogP contribution in [0.4, 0.5) is 0 Å². The van der Waals surface area contributed by atoms with Crippen LogP contribution in [0, 0.1) is 6.92 Å². The number of carbonyl (C=O) groups excluding carboxylic acids is 2. The number of halogens is 1. The van der Waals surface area contributed by atoms with E-state index in [1.165, 1.54) is 18.3 Å². The lowest BCUT2D eigenvalue weighted by molar-refractivity contribution is 0.0314. The number of carbonyl (C=O) groups is 2. The molecule has 1 heterocycles. The molecule has 3 aromatic rings. The van der Waals surface area contributed by atoms with Gasteiger partial charge in [-0.1, -0.05) is 23.7 Å². The van der Waals surface area contributed by atoms with Crippen LogP contribution in [0.2, 0.25) is 5.02 Å². The molecule has 0 amide bonds. The molecule has 28 heavy (non-hydrogen) atoms. The maximum atomic E-state index is 12.6. The van der Waals surface area contributed by atoms with E-state index in [-0.39, 0.29) is 18.0 Å². The second kappa shape index (κ2) is 8.99. The number of hydrogen-bond donors (Lipinski definition) is 0. The molecule has 0 radical (unpaired) electrons. The number of aryl methyl sites for hydroxylation is 1. The Kier molecular flexibility index (Phi) is 6.44. The number of rotatable bonds is 7. The zero-order valence-electron chi connectivity index (χ0n) is 15.3. The summed E-state index contributed by atoms with van der Waals surface area (Å²) in [5.41, 5.74) is 1.47. The number of esters is 1. The molecular weight excluding hydrogens is 398 g/mol. The molecule has 0 saturated carbocycles. The largest absolute Gasteiger partial charge is 0.486 e. The Hall–Kier alpha value is -2.70. The van der Waals surface area contributed by atoms with Crippen LogP contribution in [0.15, 0.2) is 53.9 Å². The third kappa shape index (κ3) is 4.97. The van der Waals surface area contributed by atoms with Crippen molar-refractivity contribution in [2.45, 2.75) is 26.6 Å².